The quantitative estimate of drug-likeness (QED) is 0.114. The number of rotatable bonds is 12. The Hall–Kier alpha value is -13.4. The van der Waals surface area contributed by atoms with Gasteiger partial charge in [0.15, 0.2) is 0 Å². The summed E-state index contributed by atoms with van der Waals surface area (Å²) in [5, 5.41) is 2.97. The smallest absolute Gasteiger partial charge is 0.252 e. The molecule has 0 saturated heterocycles. The molecule has 0 aliphatic carbocycles. The molecule has 5 nitrogen and oxygen atoms in total. The van der Waals surface area contributed by atoms with Crippen molar-refractivity contribution in [2.24, 2.45) is 0 Å². The number of hydrogen-bond donors (Lipinski definition) is 0. The van der Waals surface area contributed by atoms with Gasteiger partial charge >= 0.3 is 0 Å². The predicted octanol–water partition coefficient (Wildman–Crippen LogP) is 31.6. The van der Waals surface area contributed by atoms with Crippen LogP contribution in [0.15, 0.2) is 352 Å². The van der Waals surface area contributed by atoms with Crippen molar-refractivity contribution < 1.29 is 12.3 Å². The molecular formula is C120H112BN5. The van der Waals surface area contributed by atoms with Crippen LogP contribution in [0.25, 0.3) is 111 Å². The molecule has 2 aromatic heterocycles. The summed E-state index contributed by atoms with van der Waals surface area (Å²) in [4.78, 5) is 6.89. The topological polar surface area (TPSA) is 19.6 Å². The lowest BCUT2D eigenvalue weighted by Gasteiger charge is -2.46. The third-order valence-electron chi connectivity index (χ3n) is 26.2. The fourth-order valence-corrected chi connectivity index (χ4v) is 19.2. The first-order chi connectivity index (χ1) is 64.0. The van der Waals surface area contributed by atoms with Gasteiger partial charge in [-0.2, -0.15) is 0 Å². The summed E-state index contributed by atoms with van der Waals surface area (Å²) in [6, 6.07) is 105. The summed E-state index contributed by atoms with van der Waals surface area (Å²) in [5.41, 5.74) is 30.0. The SMILES string of the molecule is [2H]c1c([2H])c([2H])c(N(c2ccccc2)c2ccc3c(c2)c2c([2H])c([2H])c([2H])c([2H])c2n3-c2ccc3c(c2)N(c2c(-c4ccccc4)cc(C(C)(C)C)cc2-c2ccccc2)c2cc(-n4c5ccc(C(C)(C)C)cc5c5cc(C(C)(C)C)ccc54)cc4c2B3c2ccc(-c3cc(C(C)(C)C)cc(C(C)(C)C)c3)cc2N4c2c(-c3ccccc3)cc(C(C)(C)C)cc2-c2ccccc2)c([2H])c1[2H]. The van der Waals surface area contributed by atoms with E-state index in [0.29, 0.717) is 28.0 Å². The molecule has 0 N–H and O–H groups in total. The van der Waals surface area contributed by atoms with Gasteiger partial charge in [0, 0.05) is 89.3 Å². The van der Waals surface area contributed by atoms with Crippen molar-refractivity contribution in [1.82, 2.24) is 9.13 Å². The third kappa shape index (κ3) is 14.1. The summed E-state index contributed by atoms with van der Waals surface area (Å²) in [5.74, 6) is 0. The van der Waals surface area contributed by atoms with Crippen molar-refractivity contribution in [1.29, 1.82) is 0 Å². The van der Waals surface area contributed by atoms with Crippen LogP contribution >= 0.6 is 0 Å². The Kier molecular flexibility index (Phi) is 17.0. The number of hydrogen-bond acceptors (Lipinski definition) is 3. The van der Waals surface area contributed by atoms with Crippen molar-refractivity contribution in [3.05, 3.63) is 385 Å². The zero-order valence-corrected chi connectivity index (χ0v) is 75.6. The predicted molar refractivity (Wildman–Crippen MR) is 543 cm³/mol. The molecule has 0 spiro atoms. The normalized spacial score (nSPS) is 14.1. The summed E-state index contributed by atoms with van der Waals surface area (Å²) < 4.78 is 90.4. The lowest BCUT2D eigenvalue weighted by atomic mass is 9.33. The van der Waals surface area contributed by atoms with E-state index in [2.05, 4.69) is 388 Å². The maximum atomic E-state index is 10.4. The van der Waals surface area contributed by atoms with Crippen LogP contribution in [0.3, 0.4) is 0 Å². The number of nitrogens with zero attached hydrogens (tertiary/aromatic N) is 5. The monoisotopic (exact) mass is 1640 g/mol. The van der Waals surface area contributed by atoms with Gasteiger partial charge in [-0.1, -0.05) is 349 Å². The van der Waals surface area contributed by atoms with Crippen LogP contribution in [0.1, 0.15) is 170 Å². The van der Waals surface area contributed by atoms with E-state index in [1.165, 1.54) is 27.8 Å². The van der Waals surface area contributed by atoms with Gasteiger partial charge in [0.25, 0.3) is 6.71 Å². The highest BCUT2D eigenvalue weighted by molar-refractivity contribution is 7.00. The van der Waals surface area contributed by atoms with Gasteiger partial charge in [-0.25, -0.2) is 0 Å². The highest BCUT2D eigenvalue weighted by Gasteiger charge is 2.47. The number of aromatic nitrogens is 2. The molecule has 126 heavy (non-hydrogen) atoms. The minimum Gasteiger partial charge on any atom is -0.310 e. The fourth-order valence-electron chi connectivity index (χ4n) is 19.2. The molecule has 0 bridgehead atoms. The Labute approximate surface area is 758 Å². The first-order valence-electron chi connectivity index (χ1n) is 48.9. The minimum atomic E-state index is -0.538. The summed E-state index contributed by atoms with van der Waals surface area (Å²) in [6.45, 7) is 41.0. The lowest BCUT2D eigenvalue weighted by Crippen LogP contribution is -2.61. The van der Waals surface area contributed by atoms with E-state index in [9.17, 15) is 8.22 Å². The standard InChI is InChI=1S/C120H112BN5/c1-115(2,3)83-54-60-105-99(67-83)100-68-84(116(4,5)6)55-61-106(100)124(105)93-75-110-112-111(76-93)126(114-97(79-43-29-21-30-44-79)71-88(120(16,17)18)72-98(114)80-45-31-22-32-46-80)109-74-92(123-104-52-38-37-51-94(104)101-73-91(57-62-107(101)123)122(89-47-33-23-34-48-89)90-49-35-24-36-50-90)56-59-103(109)121(112)102-58-53-81(82-63-85(117(7,8)9)66-86(64-82)118(10,11)12)65-108(102)125(110)113-95(77-39-25-19-26-40-77)69-87(119(13,14)15)70-96(113)78-41-27-20-28-42-78/h19-76H,1-18H3/i23D,33D,34D,37D,38D,47D,48D,51D,52D. The molecule has 16 aromatic carbocycles. The summed E-state index contributed by atoms with van der Waals surface area (Å²) in [6.07, 6.45) is 0. The molecule has 6 heteroatoms. The van der Waals surface area contributed by atoms with Gasteiger partial charge in [0.1, 0.15) is 0 Å². The molecule has 20 rings (SSSR count). The summed E-state index contributed by atoms with van der Waals surface area (Å²) >= 11 is 0. The van der Waals surface area contributed by atoms with Crippen LogP contribution in [0.2, 0.25) is 0 Å². The number of fused-ring (bicyclic) bond motifs is 10. The van der Waals surface area contributed by atoms with Crippen LogP contribution in [0.5, 0.6) is 0 Å². The third-order valence-corrected chi connectivity index (χ3v) is 26.2. The van der Waals surface area contributed by atoms with Crippen LogP contribution in [0, 0.1) is 0 Å². The average Bonchev–Trinajstić information content (AvgIpc) is 1.21. The maximum absolute atomic E-state index is 10.4. The van der Waals surface area contributed by atoms with Crippen LogP contribution in [-0.2, 0) is 32.5 Å². The Balaban J connectivity index is 1.00. The molecule has 0 unspecified atom stereocenters. The Morgan fingerprint density at radius 1 is 0.246 bits per heavy atom. The van der Waals surface area contributed by atoms with Crippen molar-refractivity contribution in [2.45, 2.75) is 157 Å². The number of para-hydroxylation sites is 3. The van der Waals surface area contributed by atoms with Gasteiger partial charge in [-0.3, -0.25) is 0 Å². The lowest BCUT2D eigenvalue weighted by molar-refractivity contribution is 0.569. The first kappa shape index (κ1) is 70.9. The van der Waals surface area contributed by atoms with Crippen LogP contribution < -0.4 is 31.1 Å². The fraction of sp³-hybridized carbons (Fsp3) is 0.200. The minimum absolute atomic E-state index is 0.0823. The van der Waals surface area contributed by atoms with Crippen molar-refractivity contribution in [3.8, 4) is 67.0 Å². The molecule has 4 heterocycles. The zero-order valence-electron chi connectivity index (χ0n) is 84.6. The molecule has 2 aliphatic rings. The van der Waals surface area contributed by atoms with Gasteiger partial charge in [0.2, 0.25) is 0 Å². The largest absolute Gasteiger partial charge is 0.310 e. The van der Waals surface area contributed by atoms with E-state index in [0.717, 1.165) is 139 Å². The van der Waals surface area contributed by atoms with Gasteiger partial charge in [-0.15, -0.1) is 0 Å². The second-order valence-corrected chi connectivity index (χ2v) is 40.8. The van der Waals surface area contributed by atoms with Crippen molar-refractivity contribution >= 4 is 118 Å². The van der Waals surface area contributed by atoms with E-state index in [1.807, 2.05) is 53.1 Å². The molecule has 0 fully saturated rings. The maximum Gasteiger partial charge on any atom is 0.252 e. The van der Waals surface area contributed by atoms with Gasteiger partial charge in [-0.05, 0) is 243 Å². The molecule has 2 aliphatic heterocycles. The van der Waals surface area contributed by atoms with Gasteiger partial charge < -0.3 is 23.8 Å². The second-order valence-electron chi connectivity index (χ2n) is 40.8. The molecule has 0 atom stereocenters. The number of anilines is 9. The van der Waals surface area contributed by atoms with Crippen molar-refractivity contribution in [2.75, 3.05) is 14.7 Å². The molecule has 18 aromatic rings. The van der Waals surface area contributed by atoms with E-state index in [4.69, 9.17) is 4.11 Å². The van der Waals surface area contributed by atoms with Crippen LogP contribution in [0.4, 0.5) is 51.2 Å². The Morgan fingerprint density at radius 3 is 1.06 bits per heavy atom. The first-order valence-corrected chi connectivity index (χ1v) is 44.4. The average molecular weight is 1640 g/mol. The van der Waals surface area contributed by atoms with Crippen molar-refractivity contribution in [3.63, 3.8) is 0 Å². The second kappa shape index (κ2) is 30.2. The zero-order chi connectivity index (χ0) is 95.2. The Bertz CT molecular complexity index is 7640. The molecule has 0 amide bonds. The highest BCUT2D eigenvalue weighted by Crippen LogP contribution is 2.57. The Morgan fingerprint density at radius 2 is 0.619 bits per heavy atom. The van der Waals surface area contributed by atoms with E-state index in [1.54, 1.807) is 4.90 Å². The highest BCUT2D eigenvalue weighted by atomic mass is 15.2. The van der Waals surface area contributed by atoms with Crippen LogP contribution in [-0.4, -0.2) is 15.8 Å². The van der Waals surface area contributed by atoms with E-state index < -0.39 is 49.0 Å². The molecule has 620 valence electrons. The number of benzene rings is 16. The van der Waals surface area contributed by atoms with E-state index in [-0.39, 0.29) is 61.2 Å². The summed E-state index contributed by atoms with van der Waals surface area (Å²) in [7, 11) is 0. The molecular weight excluding hydrogens is 1520 g/mol. The molecule has 0 saturated carbocycles. The molecule has 0 radical (unpaired) electrons. The van der Waals surface area contributed by atoms with E-state index >= 15 is 0 Å². The van der Waals surface area contributed by atoms with Gasteiger partial charge in [0.05, 0.1) is 51.5 Å².